The van der Waals surface area contributed by atoms with Crippen molar-refractivity contribution in [2.45, 2.75) is 33.1 Å². The Labute approximate surface area is 132 Å². The summed E-state index contributed by atoms with van der Waals surface area (Å²) in [4.78, 5) is 28.7. The van der Waals surface area contributed by atoms with Crippen molar-refractivity contribution in [1.29, 1.82) is 0 Å². The second-order valence-electron chi connectivity index (χ2n) is 6.85. The van der Waals surface area contributed by atoms with Crippen molar-refractivity contribution in [3.63, 3.8) is 0 Å². The first-order valence-corrected chi connectivity index (χ1v) is 8.05. The van der Waals surface area contributed by atoms with Gasteiger partial charge in [0, 0.05) is 32.2 Å². The van der Waals surface area contributed by atoms with Crippen LogP contribution in [0.4, 0.5) is 0 Å². The van der Waals surface area contributed by atoms with Gasteiger partial charge in [-0.15, -0.1) is 0 Å². The molecule has 1 spiro atoms. The minimum absolute atomic E-state index is 0.0942. The van der Waals surface area contributed by atoms with Gasteiger partial charge in [-0.3, -0.25) is 9.59 Å². The number of benzene rings is 1. The normalized spacial score (nSPS) is 20.8. The Morgan fingerprint density at radius 1 is 1.05 bits per heavy atom. The summed E-state index contributed by atoms with van der Waals surface area (Å²) in [6.45, 7) is 6.31. The molecule has 0 radical (unpaired) electrons. The third-order valence-corrected chi connectivity index (χ3v) is 5.49. The van der Waals surface area contributed by atoms with Gasteiger partial charge in [0.1, 0.15) is 0 Å². The molecule has 1 aromatic carbocycles. The molecule has 2 fully saturated rings. The van der Waals surface area contributed by atoms with Crippen molar-refractivity contribution in [3.05, 3.63) is 34.9 Å². The van der Waals surface area contributed by atoms with Gasteiger partial charge in [-0.2, -0.15) is 0 Å². The second-order valence-corrected chi connectivity index (χ2v) is 6.85. The SMILES string of the molecule is Cc1ccc(C(=O)N2CCC3(CCN(C)C3=O)CC2)cc1C. The molecule has 0 atom stereocenters. The van der Waals surface area contributed by atoms with Gasteiger partial charge in [-0.25, -0.2) is 0 Å². The molecule has 3 rings (SSSR count). The first kappa shape index (κ1) is 15.1. The highest BCUT2D eigenvalue weighted by atomic mass is 16.2. The first-order valence-electron chi connectivity index (χ1n) is 8.05. The minimum Gasteiger partial charge on any atom is -0.345 e. The monoisotopic (exact) mass is 300 g/mol. The molecule has 0 N–H and O–H groups in total. The van der Waals surface area contributed by atoms with Crippen molar-refractivity contribution in [3.8, 4) is 0 Å². The Morgan fingerprint density at radius 3 is 2.23 bits per heavy atom. The molecule has 2 aliphatic rings. The van der Waals surface area contributed by atoms with Crippen molar-refractivity contribution >= 4 is 11.8 Å². The van der Waals surface area contributed by atoms with E-state index in [1.54, 1.807) is 0 Å². The van der Waals surface area contributed by atoms with Crippen LogP contribution >= 0.6 is 0 Å². The largest absolute Gasteiger partial charge is 0.345 e. The molecule has 0 aromatic heterocycles. The van der Waals surface area contributed by atoms with Crippen LogP contribution in [0.1, 0.15) is 40.7 Å². The Kier molecular flexibility index (Phi) is 3.71. The Bertz CT molecular complexity index is 616. The summed E-state index contributed by atoms with van der Waals surface area (Å²) in [5.41, 5.74) is 2.91. The lowest BCUT2D eigenvalue weighted by Crippen LogP contribution is -2.46. The van der Waals surface area contributed by atoms with Crippen molar-refractivity contribution in [2.24, 2.45) is 5.41 Å². The van der Waals surface area contributed by atoms with Gasteiger partial charge >= 0.3 is 0 Å². The first-order chi connectivity index (χ1) is 10.4. The van der Waals surface area contributed by atoms with Gasteiger partial charge in [0.25, 0.3) is 5.91 Å². The summed E-state index contributed by atoms with van der Waals surface area (Å²) < 4.78 is 0. The Morgan fingerprint density at radius 2 is 1.68 bits per heavy atom. The Balaban J connectivity index is 1.70. The van der Waals surface area contributed by atoms with E-state index >= 15 is 0 Å². The minimum atomic E-state index is -0.200. The van der Waals surface area contributed by atoms with Crippen LogP contribution in [-0.2, 0) is 4.79 Å². The zero-order chi connectivity index (χ0) is 15.9. The fraction of sp³-hybridized carbons (Fsp3) is 0.556. The molecule has 4 heteroatoms. The van der Waals surface area contributed by atoms with Crippen LogP contribution in [0.25, 0.3) is 0 Å². The molecule has 0 bridgehead atoms. The number of hydrogen-bond donors (Lipinski definition) is 0. The van der Waals surface area contributed by atoms with Gasteiger partial charge in [0.05, 0.1) is 5.41 Å². The number of nitrogens with zero attached hydrogens (tertiary/aromatic N) is 2. The summed E-state index contributed by atoms with van der Waals surface area (Å²) in [5, 5.41) is 0. The van der Waals surface area contributed by atoms with E-state index < -0.39 is 0 Å². The second kappa shape index (κ2) is 5.41. The van der Waals surface area contributed by atoms with Crippen molar-refractivity contribution in [2.75, 3.05) is 26.7 Å². The van der Waals surface area contributed by atoms with Crippen molar-refractivity contribution < 1.29 is 9.59 Å². The predicted octanol–water partition coefficient (Wildman–Crippen LogP) is 2.39. The number of hydrogen-bond acceptors (Lipinski definition) is 2. The summed E-state index contributed by atoms with van der Waals surface area (Å²) in [5.74, 6) is 0.363. The third-order valence-electron chi connectivity index (χ3n) is 5.49. The fourth-order valence-electron chi connectivity index (χ4n) is 3.65. The predicted molar refractivity (Wildman–Crippen MR) is 85.7 cm³/mol. The lowest BCUT2D eigenvalue weighted by atomic mass is 9.77. The van der Waals surface area contributed by atoms with Crippen molar-refractivity contribution in [1.82, 2.24) is 9.80 Å². The van der Waals surface area contributed by atoms with Crippen LogP contribution in [0.3, 0.4) is 0 Å². The topological polar surface area (TPSA) is 40.6 Å². The van der Waals surface area contributed by atoms with E-state index in [1.807, 2.05) is 42.0 Å². The molecule has 0 aliphatic carbocycles. The number of amides is 2. The molecule has 2 aliphatic heterocycles. The number of aryl methyl sites for hydroxylation is 2. The van der Waals surface area contributed by atoms with Crippen LogP contribution in [-0.4, -0.2) is 48.3 Å². The average molecular weight is 300 g/mol. The van der Waals surface area contributed by atoms with Crippen LogP contribution in [0.15, 0.2) is 18.2 Å². The number of rotatable bonds is 1. The smallest absolute Gasteiger partial charge is 0.253 e. The summed E-state index contributed by atoms with van der Waals surface area (Å²) >= 11 is 0. The zero-order valence-electron chi connectivity index (χ0n) is 13.7. The average Bonchev–Trinajstić information content (AvgIpc) is 2.79. The fourth-order valence-corrected chi connectivity index (χ4v) is 3.65. The van der Waals surface area contributed by atoms with Gasteiger partial charge in [-0.05, 0) is 56.4 Å². The highest BCUT2D eigenvalue weighted by Crippen LogP contribution is 2.41. The number of likely N-dealkylation sites (tertiary alicyclic amines) is 2. The lowest BCUT2D eigenvalue weighted by Gasteiger charge is -2.37. The van der Waals surface area contributed by atoms with Crippen LogP contribution in [0, 0.1) is 19.3 Å². The van der Waals surface area contributed by atoms with E-state index in [4.69, 9.17) is 0 Å². The highest BCUT2D eigenvalue weighted by Gasteiger charge is 2.47. The molecule has 2 amide bonds. The molecule has 0 saturated carbocycles. The quantitative estimate of drug-likeness (QED) is 0.799. The summed E-state index contributed by atoms with van der Waals surface area (Å²) in [6, 6.07) is 5.88. The van der Waals surface area contributed by atoms with Gasteiger partial charge in [0.2, 0.25) is 5.91 Å². The van der Waals surface area contributed by atoms with E-state index in [0.717, 1.165) is 36.9 Å². The molecule has 2 heterocycles. The number of carbonyl (C=O) groups excluding carboxylic acids is 2. The summed E-state index contributed by atoms with van der Waals surface area (Å²) in [7, 11) is 1.88. The molecular weight excluding hydrogens is 276 g/mol. The molecular formula is C18H24N2O2. The molecule has 1 aromatic rings. The van der Waals surface area contributed by atoms with Crippen LogP contribution in [0.5, 0.6) is 0 Å². The maximum atomic E-state index is 12.6. The van der Waals surface area contributed by atoms with Gasteiger partial charge < -0.3 is 9.80 Å². The van der Waals surface area contributed by atoms with E-state index in [-0.39, 0.29) is 17.2 Å². The standard InChI is InChI=1S/C18H24N2O2/c1-13-4-5-15(12-14(13)2)16(21)20-10-7-18(8-11-20)6-9-19(3)17(18)22/h4-5,12H,6-11H2,1-3H3. The Hall–Kier alpha value is -1.84. The zero-order valence-corrected chi connectivity index (χ0v) is 13.7. The molecule has 2 saturated heterocycles. The maximum Gasteiger partial charge on any atom is 0.253 e. The van der Waals surface area contributed by atoms with Crippen LogP contribution < -0.4 is 0 Å². The third kappa shape index (κ3) is 2.40. The van der Waals surface area contributed by atoms with Crippen LogP contribution in [0.2, 0.25) is 0 Å². The molecule has 118 valence electrons. The number of piperidine rings is 1. The van der Waals surface area contributed by atoms with E-state index in [2.05, 4.69) is 6.92 Å². The highest BCUT2D eigenvalue weighted by molar-refractivity contribution is 5.95. The summed E-state index contributed by atoms with van der Waals surface area (Å²) in [6.07, 6.45) is 2.54. The maximum absolute atomic E-state index is 12.6. The van der Waals surface area contributed by atoms with E-state index in [9.17, 15) is 9.59 Å². The molecule has 0 unspecified atom stereocenters. The lowest BCUT2D eigenvalue weighted by molar-refractivity contribution is -0.137. The van der Waals surface area contributed by atoms with Gasteiger partial charge in [-0.1, -0.05) is 6.07 Å². The molecule has 4 nitrogen and oxygen atoms in total. The number of carbonyl (C=O) groups is 2. The van der Waals surface area contributed by atoms with E-state index in [1.165, 1.54) is 5.56 Å². The van der Waals surface area contributed by atoms with E-state index in [0.29, 0.717) is 13.1 Å². The van der Waals surface area contributed by atoms with Gasteiger partial charge in [0.15, 0.2) is 0 Å². The molecule has 22 heavy (non-hydrogen) atoms.